The minimum Gasteiger partial charge on any atom is -0.486 e. The van der Waals surface area contributed by atoms with Gasteiger partial charge in [-0.2, -0.15) is 0 Å². The standard InChI is InChI=1S/C13H11F2N3O3/c14-9-1-3-11(15)13(6-9)21-7-8-5-10(18(19)20)2-4-12(8)17-16/h1-6,17H,7,16H2. The van der Waals surface area contributed by atoms with Gasteiger partial charge in [-0.15, -0.1) is 0 Å². The summed E-state index contributed by atoms with van der Waals surface area (Å²) in [6, 6.07) is 6.69. The molecule has 0 amide bonds. The van der Waals surface area contributed by atoms with Gasteiger partial charge >= 0.3 is 0 Å². The highest BCUT2D eigenvalue weighted by atomic mass is 19.1. The van der Waals surface area contributed by atoms with E-state index in [1.54, 1.807) is 0 Å². The summed E-state index contributed by atoms with van der Waals surface area (Å²) in [6.07, 6.45) is 0. The second-order valence-corrected chi connectivity index (χ2v) is 4.11. The number of nitrogens with two attached hydrogens (primary N) is 1. The first kappa shape index (κ1) is 14.7. The average molecular weight is 295 g/mol. The van der Waals surface area contributed by atoms with Crippen molar-refractivity contribution in [3.8, 4) is 5.75 Å². The average Bonchev–Trinajstić information content (AvgIpc) is 2.47. The van der Waals surface area contributed by atoms with Gasteiger partial charge in [0.15, 0.2) is 11.6 Å². The van der Waals surface area contributed by atoms with Crippen LogP contribution in [0.25, 0.3) is 0 Å². The molecular formula is C13H11F2N3O3. The summed E-state index contributed by atoms with van der Waals surface area (Å²) in [5.41, 5.74) is 2.92. The Kier molecular flexibility index (Phi) is 4.29. The maximum atomic E-state index is 13.4. The van der Waals surface area contributed by atoms with Gasteiger partial charge in [0.05, 0.1) is 10.6 Å². The van der Waals surface area contributed by atoms with Crippen molar-refractivity contribution in [2.45, 2.75) is 6.61 Å². The van der Waals surface area contributed by atoms with Crippen LogP contribution in [-0.2, 0) is 6.61 Å². The van der Waals surface area contributed by atoms with Crippen LogP contribution >= 0.6 is 0 Å². The first-order chi connectivity index (χ1) is 10.0. The van der Waals surface area contributed by atoms with Crippen LogP contribution in [0.4, 0.5) is 20.2 Å². The third kappa shape index (κ3) is 3.42. The molecule has 0 aromatic heterocycles. The molecule has 110 valence electrons. The van der Waals surface area contributed by atoms with Crippen LogP contribution in [0.5, 0.6) is 5.75 Å². The lowest BCUT2D eigenvalue weighted by atomic mass is 10.1. The SMILES string of the molecule is NNc1ccc([N+](=O)[O-])cc1COc1cc(F)ccc1F. The van der Waals surface area contributed by atoms with Crippen LogP contribution in [0.15, 0.2) is 36.4 Å². The van der Waals surface area contributed by atoms with Crippen LogP contribution in [0, 0.1) is 21.7 Å². The summed E-state index contributed by atoms with van der Waals surface area (Å²) >= 11 is 0. The van der Waals surface area contributed by atoms with E-state index in [4.69, 9.17) is 10.6 Å². The van der Waals surface area contributed by atoms with Gasteiger partial charge in [0.1, 0.15) is 12.4 Å². The van der Waals surface area contributed by atoms with Gasteiger partial charge in [-0.05, 0) is 18.2 Å². The number of benzene rings is 2. The number of ether oxygens (including phenoxy) is 1. The van der Waals surface area contributed by atoms with Gasteiger partial charge in [0, 0.05) is 23.8 Å². The number of halogens is 2. The number of nitrogen functional groups attached to an aromatic ring is 1. The largest absolute Gasteiger partial charge is 0.486 e. The third-order valence-electron chi connectivity index (χ3n) is 2.73. The highest BCUT2D eigenvalue weighted by molar-refractivity contribution is 5.55. The zero-order valence-corrected chi connectivity index (χ0v) is 10.7. The fraction of sp³-hybridized carbons (Fsp3) is 0.0769. The fourth-order valence-electron chi connectivity index (χ4n) is 1.70. The number of rotatable bonds is 5. The molecule has 0 fully saturated rings. The lowest BCUT2D eigenvalue weighted by Crippen LogP contribution is -2.11. The summed E-state index contributed by atoms with van der Waals surface area (Å²) in [7, 11) is 0. The molecule has 6 nitrogen and oxygen atoms in total. The van der Waals surface area contributed by atoms with Crippen LogP contribution < -0.4 is 16.0 Å². The molecule has 21 heavy (non-hydrogen) atoms. The molecule has 0 saturated carbocycles. The number of hydrogen-bond donors (Lipinski definition) is 2. The van der Waals surface area contributed by atoms with Crippen molar-refractivity contribution in [1.29, 1.82) is 0 Å². The molecular weight excluding hydrogens is 284 g/mol. The van der Waals surface area contributed by atoms with Crippen molar-refractivity contribution in [1.82, 2.24) is 0 Å². The molecule has 0 spiro atoms. The fourth-order valence-corrected chi connectivity index (χ4v) is 1.70. The Hall–Kier alpha value is -2.74. The highest BCUT2D eigenvalue weighted by Crippen LogP contribution is 2.24. The molecule has 0 bridgehead atoms. The zero-order chi connectivity index (χ0) is 15.4. The molecule has 0 saturated heterocycles. The maximum Gasteiger partial charge on any atom is 0.269 e. The second-order valence-electron chi connectivity index (χ2n) is 4.11. The zero-order valence-electron chi connectivity index (χ0n) is 10.7. The van der Waals surface area contributed by atoms with Crippen molar-refractivity contribution in [3.05, 3.63) is 63.7 Å². The van der Waals surface area contributed by atoms with E-state index in [0.717, 1.165) is 18.2 Å². The number of nitro benzene ring substituents is 1. The first-order valence-electron chi connectivity index (χ1n) is 5.83. The van der Waals surface area contributed by atoms with Crippen molar-refractivity contribution in [2.24, 2.45) is 5.84 Å². The van der Waals surface area contributed by atoms with Crippen LogP contribution in [0.2, 0.25) is 0 Å². The summed E-state index contributed by atoms with van der Waals surface area (Å²) in [4.78, 5) is 10.2. The van der Waals surface area contributed by atoms with Crippen molar-refractivity contribution < 1.29 is 18.4 Å². The maximum absolute atomic E-state index is 13.4. The van der Waals surface area contributed by atoms with Crippen molar-refractivity contribution >= 4 is 11.4 Å². The number of anilines is 1. The summed E-state index contributed by atoms with van der Waals surface area (Å²) < 4.78 is 31.6. The van der Waals surface area contributed by atoms with Gasteiger partial charge in [-0.3, -0.25) is 16.0 Å². The minimum absolute atomic E-state index is 0.160. The molecule has 0 unspecified atom stereocenters. The normalized spacial score (nSPS) is 10.2. The minimum atomic E-state index is -0.732. The summed E-state index contributed by atoms with van der Waals surface area (Å²) in [6.45, 7) is -0.207. The Morgan fingerprint density at radius 3 is 2.67 bits per heavy atom. The van der Waals surface area contributed by atoms with Crippen LogP contribution in [-0.4, -0.2) is 4.92 Å². The van der Waals surface area contributed by atoms with E-state index >= 15 is 0 Å². The molecule has 3 N–H and O–H groups in total. The quantitative estimate of drug-likeness (QED) is 0.503. The Morgan fingerprint density at radius 1 is 1.24 bits per heavy atom. The summed E-state index contributed by atoms with van der Waals surface area (Å²) in [5, 5.41) is 10.7. The number of non-ortho nitro benzene ring substituents is 1. The second kappa shape index (κ2) is 6.14. The van der Waals surface area contributed by atoms with Gasteiger partial charge in [-0.25, -0.2) is 8.78 Å². The van der Waals surface area contributed by atoms with Crippen LogP contribution in [0.3, 0.4) is 0 Å². The monoisotopic (exact) mass is 295 g/mol. The van der Waals surface area contributed by atoms with E-state index in [1.807, 2.05) is 0 Å². The predicted molar refractivity (Wildman–Crippen MR) is 71.6 cm³/mol. The molecule has 2 aromatic rings. The lowest BCUT2D eigenvalue weighted by Gasteiger charge is -2.11. The van der Waals surface area contributed by atoms with Gasteiger partial charge < -0.3 is 10.2 Å². The lowest BCUT2D eigenvalue weighted by molar-refractivity contribution is -0.384. The molecule has 2 rings (SSSR count). The molecule has 0 aliphatic heterocycles. The number of hydrazine groups is 1. The molecule has 0 radical (unpaired) electrons. The van der Waals surface area contributed by atoms with E-state index in [1.165, 1.54) is 18.2 Å². The van der Waals surface area contributed by atoms with Gasteiger partial charge in [-0.1, -0.05) is 0 Å². The van der Waals surface area contributed by atoms with E-state index in [0.29, 0.717) is 11.3 Å². The van der Waals surface area contributed by atoms with Crippen molar-refractivity contribution in [2.75, 3.05) is 5.43 Å². The van der Waals surface area contributed by atoms with E-state index in [9.17, 15) is 18.9 Å². The van der Waals surface area contributed by atoms with Crippen LogP contribution in [0.1, 0.15) is 5.56 Å². The number of nitrogens with zero attached hydrogens (tertiary/aromatic N) is 1. The Balaban J connectivity index is 2.24. The first-order valence-corrected chi connectivity index (χ1v) is 5.83. The van der Waals surface area contributed by atoms with E-state index in [2.05, 4.69) is 5.43 Å². The molecule has 2 aromatic carbocycles. The van der Waals surface area contributed by atoms with E-state index < -0.39 is 16.6 Å². The molecule has 0 aliphatic carbocycles. The Labute approximate surface area is 118 Å². The molecule has 0 atom stereocenters. The van der Waals surface area contributed by atoms with Crippen molar-refractivity contribution in [3.63, 3.8) is 0 Å². The molecule has 0 aliphatic rings. The van der Waals surface area contributed by atoms with E-state index in [-0.39, 0.29) is 18.0 Å². The smallest absolute Gasteiger partial charge is 0.269 e. The highest BCUT2D eigenvalue weighted by Gasteiger charge is 2.12. The summed E-state index contributed by atoms with van der Waals surface area (Å²) in [5.74, 6) is 3.62. The molecule has 8 heteroatoms. The number of nitro groups is 1. The number of hydrogen-bond acceptors (Lipinski definition) is 5. The topological polar surface area (TPSA) is 90.4 Å². The Morgan fingerprint density at radius 2 is 2.00 bits per heavy atom. The van der Waals surface area contributed by atoms with Gasteiger partial charge in [0.25, 0.3) is 5.69 Å². The Bertz CT molecular complexity index is 680. The number of nitrogens with one attached hydrogen (secondary N) is 1. The molecule has 0 heterocycles. The predicted octanol–water partition coefficient (Wildman–Crippen LogP) is 2.74. The third-order valence-corrected chi connectivity index (χ3v) is 2.73. The van der Waals surface area contributed by atoms with Gasteiger partial charge in [0.2, 0.25) is 0 Å².